The van der Waals surface area contributed by atoms with Crippen LogP contribution in [0.25, 0.3) is 0 Å². The minimum Gasteiger partial charge on any atom is -0.466 e. The van der Waals surface area contributed by atoms with Gasteiger partial charge in [-0.25, -0.2) is 14.4 Å². The van der Waals surface area contributed by atoms with E-state index in [1.54, 1.807) is 58.9 Å². The van der Waals surface area contributed by atoms with Crippen molar-refractivity contribution in [1.82, 2.24) is 4.90 Å². The number of halogens is 1. The maximum atomic E-state index is 13.4. The first-order chi connectivity index (χ1) is 16.5. The SMILES string of the molecule is CCOC(=O)C1=C(COCCN)N(C(=O)OC(C)(C)C)C(C)=C(C(=O)OC)C1c1ccccc1Cl. The molecule has 0 fully saturated rings. The van der Waals surface area contributed by atoms with Crippen molar-refractivity contribution in [1.29, 1.82) is 0 Å². The summed E-state index contributed by atoms with van der Waals surface area (Å²) in [6, 6.07) is 6.81. The Morgan fingerprint density at radius 3 is 2.31 bits per heavy atom. The summed E-state index contributed by atoms with van der Waals surface area (Å²) in [5.74, 6) is -2.44. The number of amides is 1. The van der Waals surface area contributed by atoms with E-state index in [9.17, 15) is 14.4 Å². The van der Waals surface area contributed by atoms with Crippen molar-refractivity contribution in [3.63, 3.8) is 0 Å². The average Bonchev–Trinajstić information content (AvgIpc) is 2.77. The van der Waals surface area contributed by atoms with E-state index in [2.05, 4.69) is 0 Å². The van der Waals surface area contributed by atoms with Gasteiger partial charge in [0.2, 0.25) is 0 Å². The van der Waals surface area contributed by atoms with Crippen molar-refractivity contribution < 1.29 is 33.3 Å². The van der Waals surface area contributed by atoms with Gasteiger partial charge in [-0.1, -0.05) is 29.8 Å². The van der Waals surface area contributed by atoms with Gasteiger partial charge >= 0.3 is 18.0 Å². The smallest absolute Gasteiger partial charge is 0.419 e. The van der Waals surface area contributed by atoms with Crippen LogP contribution in [0, 0.1) is 0 Å². The van der Waals surface area contributed by atoms with Crippen LogP contribution in [-0.2, 0) is 28.5 Å². The summed E-state index contributed by atoms with van der Waals surface area (Å²) < 4.78 is 21.7. The molecule has 1 aliphatic rings. The Kier molecular flexibility index (Phi) is 9.88. The highest BCUT2D eigenvalue weighted by molar-refractivity contribution is 6.31. The lowest BCUT2D eigenvalue weighted by atomic mass is 9.79. The predicted molar refractivity (Wildman–Crippen MR) is 131 cm³/mol. The number of carbonyl (C=O) groups is 3. The molecule has 0 spiro atoms. The fraction of sp³-hybridized carbons (Fsp3) is 0.480. The highest BCUT2D eigenvalue weighted by Gasteiger charge is 2.45. The lowest BCUT2D eigenvalue weighted by molar-refractivity contribution is -0.139. The summed E-state index contributed by atoms with van der Waals surface area (Å²) in [5, 5.41) is 0.321. The van der Waals surface area contributed by atoms with Crippen molar-refractivity contribution in [3.8, 4) is 0 Å². The van der Waals surface area contributed by atoms with Crippen LogP contribution in [0.3, 0.4) is 0 Å². The number of nitrogens with zero attached hydrogens (tertiary/aromatic N) is 1. The van der Waals surface area contributed by atoms with Crippen molar-refractivity contribution in [2.45, 2.75) is 46.1 Å². The molecule has 0 radical (unpaired) electrons. The minimum absolute atomic E-state index is 0.0221. The normalized spacial score (nSPS) is 16.3. The summed E-state index contributed by atoms with van der Waals surface area (Å²) >= 11 is 6.52. The second-order valence-corrected chi connectivity index (χ2v) is 9.09. The number of carbonyl (C=O) groups excluding carboxylic acids is 3. The lowest BCUT2D eigenvalue weighted by Gasteiger charge is -2.38. The molecule has 1 aromatic carbocycles. The number of methoxy groups -OCH3 is 1. The average molecular weight is 509 g/mol. The van der Waals surface area contributed by atoms with E-state index in [0.29, 0.717) is 10.6 Å². The molecule has 1 aromatic rings. The molecule has 0 saturated heterocycles. The zero-order valence-electron chi connectivity index (χ0n) is 21.0. The Hall–Kier alpha value is -2.88. The number of hydrogen-bond donors (Lipinski definition) is 1. The van der Waals surface area contributed by atoms with Crippen molar-refractivity contribution in [2.24, 2.45) is 5.73 Å². The molecule has 1 amide bonds. The first-order valence-corrected chi connectivity index (χ1v) is 11.6. The molecule has 1 unspecified atom stereocenters. The topological polar surface area (TPSA) is 117 Å². The number of allylic oxidation sites excluding steroid dienone is 1. The molecular formula is C25H33ClN2O7. The lowest BCUT2D eigenvalue weighted by Crippen LogP contribution is -2.43. The Balaban J connectivity index is 2.92. The third-order valence-corrected chi connectivity index (χ3v) is 5.42. The maximum Gasteiger partial charge on any atom is 0.419 e. The first-order valence-electron chi connectivity index (χ1n) is 11.2. The van der Waals surface area contributed by atoms with E-state index in [1.165, 1.54) is 7.11 Å². The largest absolute Gasteiger partial charge is 0.466 e. The zero-order valence-corrected chi connectivity index (χ0v) is 21.7. The van der Waals surface area contributed by atoms with Gasteiger partial charge in [0.1, 0.15) is 5.60 Å². The number of esters is 2. The van der Waals surface area contributed by atoms with Gasteiger partial charge in [0.15, 0.2) is 0 Å². The predicted octanol–water partition coefficient (Wildman–Crippen LogP) is 3.91. The zero-order chi connectivity index (χ0) is 26.3. The molecule has 1 heterocycles. The number of hydrogen-bond acceptors (Lipinski definition) is 8. The maximum absolute atomic E-state index is 13.4. The van der Waals surface area contributed by atoms with E-state index in [4.69, 9.17) is 36.3 Å². The fourth-order valence-electron chi connectivity index (χ4n) is 3.75. The van der Waals surface area contributed by atoms with Crippen LogP contribution in [0.2, 0.25) is 5.02 Å². The van der Waals surface area contributed by atoms with Crippen molar-refractivity contribution in [3.05, 3.63) is 57.4 Å². The summed E-state index contributed by atoms with van der Waals surface area (Å²) in [4.78, 5) is 41.0. The van der Waals surface area contributed by atoms with Crippen LogP contribution in [0.1, 0.15) is 46.1 Å². The standard InChI is InChI=1S/C25H33ClN2O7/c1-7-34-23(30)21-18(14-33-13-12-27)28(24(31)35-25(3,4)5)15(2)19(22(29)32-6)20(21)16-10-8-9-11-17(16)26/h8-11,20H,7,12-14,27H2,1-6H3. The molecule has 1 aliphatic heterocycles. The van der Waals surface area contributed by atoms with E-state index in [1.807, 2.05) is 0 Å². The van der Waals surface area contributed by atoms with Crippen LogP contribution in [0.15, 0.2) is 46.8 Å². The summed E-state index contributed by atoms with van der Waals surface area (Å²) in [5.41, 5.74) is 5.66. The van der Waals surface area contributed by atoms with E-state index in [-0.39, 0.29) is 48.9 Å². The molecule has 0 aliphatic carbocycles. The second-order valence-electron chi connectivity index (χ2n) is 8.68. The Bertz CT molecular complexity index is 1030. The number of ether oxygens (including phenoxy) is 4. The molecule has 9 nitrogen and oxygen atoms in total. The first kappa shape index (κ1) is 28.4. The molecule has 2 N–H and O–H groups in total. The Morgan fingerprint density at radius 1 is 1.11 bits per heavy atom. The van der Waals surface area contributed by atoms with Crippen LogP contribution >= 0.6 is 11.6 Å². The van der Waals surface area contributed by atoms with Crippen molar-refractivity contribution in [2.75, 3.05) is 33.5 Å². The number of rotatable bonds is 8. The van der Waals surface area contributed by atoms with Gasteiger partial charge < -0.3 is 24.7 Å². The monoisotopic (exact) mass is 508 g/mol. The molecule has 2 rings (SSSR count). The second kappa shape index (κ2) is 12.2. The molecule has 0 saturated carbocycles. The third-order valence-electron chi connectivity index (χ3n) is 5.08. The highest BCUT2D eigenvalue weighted by atomic mass is 35.5. The summed E-state index contributed by atoms with van der Waals surface area (Å²) in [7, 11) is 1.22. The fourth-order valence-corrected chi connectivity index (χ4v) is 4.00. The van der Waals surface area contributed by atoms with E-state index < -0.39 is 29.6 Å². The van der Waals surface area contributed by atoms with Gasteiger partial charge in [-0.3, -0.25) is 4.90 Å². The number of nitrogens with two attached hydrogens (primary N) is 1. The molecule has 10 heteroatoms. The van der Waals surface area contributed by atoms with E-state index in [0.717, 1.165) is 4.90 Å². The highest BCUT2D eigenvalue weighted by Crippen LogP contribution is 2.45. The molecular weight excluding hydrogens is 476 g/mol. The van der Waals surface area contributed by atoms with Crippen LogP contribution < -0.4 is 5.73 Å². The van der Waals surface area contributed by atoms with Gasteiger partial charge in [-0.2, -0.15) is 0 Å². The molecule has 192 valence electrons. The summed E-state index contributed by atoms with van der Waals surface area (Å²) in [6.07, 6.45) is -0.790. The van der Waals surface area contributed by atoms with Crippen molar-refractivity contribution >= 4 is 29.6 Å². The van der Waals surface area contributed by atoms with Gasteiger partial charge in [0, 0.05) is 17.3 Å². The van der Waals surface area contributed by atoms with Crippen LogP contribution in [0.4, 0.5) is 4.79 Å². The molecule has 1 atom stereocenters. The van der Waals surface area contributed by atoms with Gasteiger partial charge in [0.25, 0.3) is 0 Å². The minimum atomic E-state index is -0.981. The summed E-state index contributed by atoms with van der Waals surface area (Å²) in [6.45, 7) is 8.66. The molecule has 35 heavy (non-hydrogen) atoms. The van der Waals surface area contributed by atoms with Gasteiger partial charge in [-0.15, -0.1) is 0 Å². The van der Waals surface area contributed by atoms with E-state index >= 15 is 0 Å². The molecule has 0 aromatic heterocycles. The number of benzene rings is 1. The van der Waals surface area contributed by atoms with Crippen LogP contribution in [-0.4, -0.2) is 62.0 Å². The molecule has 0 bridgehead atoms. The quantitative estimate of drug-likeness (QED) is 0.319. The van der Waals surface area contributed by atoms with Gasteiger partial charge in [0.05, 0.1) is 49.7 Å². The third kappa shape index (κ3) is 6.62. The Labute approximate surface area is 210 Å². The Morgan fingerprint density at radius 2 is 1.77 bits per heavy atom. The van der Waals surface area contributed by atoms with Crippen LogP contribution in [0.5, 0.6) is 0 Å². The van der Waals surface area contributed by atoms with Gasteiger partial charge in [-0.05, 0) is 46.2 Å².